The van der Waals surface area contributed by atoms with Gasteiger partial charge in [0.25, 0.3) is 5.56 Å². The molecular formula is C27H27FN6O3. The van der Waals surface area contributed by atoms with E-state index in [2.05, 4.69) is 25.4 Å². The van der Waals surface area contributed by atoms with Crippen LogP contribution in [0.4, 0.5) is 4.39 Å². The second-order valence-corrected chi connectivity index (χ2v) is 8.81. The van der Waals surface area contributed by atoms with E-state index in [0.717, 1.165) is 22.2 Å². The van der Waals surface area contributed by atoms with Crippen molar-refractivity contribution in [3.05, 3.63) is 106 Å². The van der Waals surface area contributed by atoms with Gasteiger partial charge in [0, 0.05) is 23.0 Å². The molecule has 0 saturated carbocycles. The van der Waals surface area contributed by atoms with Crippen LogP contribution in [0.25, 0.3) is 10.9 Å². The molecule has 190 valence electrons. The molecule has 0 spiro atoms. The summed E-state index contributed by atoms with van der Waals surface area (Å²) >= 11 is 0. The largest absolute Gasteiger partial charge is 0.497 e. The predicted octanol–water partition coefficient (Wildman–Crippen LogP) is 4.46. The summed E-state index contributed by atoms with van der Waals surface area (Å²) in [6.07, 6.45) is 2.31. The second-order valence-electron chi connectivity index (χ2n) is 8.81. The van der Waals surface area contributed by atoms with Gasteiger partial charge in [-0.25, -0.2) is 9.07 Å². The number of halogens is 1. The van der Waals surface area contributed by atoms with Crippen molar-refractivity contribution in [2.24, 2.45) is 0 Å². The SMILES string of the molecule is CCC(c1nnnn1Cc1ccc(F)cc1)N(Cc1ccco1)Cc1cc2cc(OC)ccc2[nH]c1=O. The minimum atomic E-state index is -0.296. The lowest BCUT2D eigenvalue weighted by molar-refractivity contribution is 0.149. The number of nitrogens with one attached hydrogen (secondary N) is 1. The zero-order chi connectivity index (χ0) is 25.8. The van der Waals surface area contributed by atoms with E-state index in [9.17, 15) is 9.18 Å². The first-order valence-electron chi connectivity index (χ1n) is 12.0. The number of H-pyrrole nitrogens is 1. The van der Waals surface area contributed by atoms with Crippen molar-refractivity contribution in [3.8, 4) is 5.75 Å². The Hall–Kier alpha value is -4.31. The van der Waals surface area contributed by atoms with Crippen LogP contribution in [0.3, 0.4) is 0 Å². The number of tetrazole rings is 1. The van der Waals surface area contributed by atoms with E-state index >= 15 is 0 Å². The van der Waals surface area contributed by atoms with Crippen molar-refractivity contribution in [1.29, 1.82) is 0 Å². The highest BCUT2D eigenvalue weighted by Gasteiger charge is 2.27. The third-order valence-corrected chi connectivity index (χ3v) is 6.37. The van der Waals surface area contributed by atoms with Gasteiger partial charge in [0.05, 0.1) is 32.5 Å². The van der Waals surface area contributed by atoms with Crippen molar-refractivity contribution < 1.29 is 13.5 Å². The summed E-state index contributed by atoms with van der Waals surface area (Å²) in [5, 5.41) is 13.3. The lowest BCUT2D eigenvalue weighted by Crippen LogP contribution is -2.32. The molecule has 3 heterocycles. The van der Waals surface area contributed by atoms with Gasteiger partial charge < -0.3 is 14.1 Å². The van der Waals surface area contributed by atoms with Gasteiger partial charge in [-0.05, 0) is 70.9 Å². The standard InChI is InChI=1S/C27H27FN6O3/c1-3-25(26-30-31-32-34(26)15-18-6-8-21(28)9-7-18)33(17-23-5-4-12-37-23)16-20-13-19-14-22(36-2)10-11-24(19)29-27(20)35/h4-14,25H,3,15-17H2,1-2H3,(H,29,35). The average molecular weight is 503 g/mol. The Kier molecular flexibility index (Phi) is 7.09. The Balaban J connectivity index is 1.50. The van der Waals surface area contributed by atoms with Crippen LogP contribution in [0.2, 0.25) is 0 Å². The van der Waals surface area contributed by atoms with E-state index in [0.29, 0.717) is 43.2 Å². The maximum Gasteiger partial charge on any atom is 0.252 e. The summed E-state index contributed by atoms with van der Waals surface area (Å²) in [5.74, 6) is 1.83. The predicted molar refractivity (Wildman–Crippen MR) is 135 cm³/mol. The Bertz CT molecular complexity index is 1530. The number of ether oxygens (including phenoxy) is 1. The van der Waals surface area contributed by atoms with Gasteiger partial charge >= 0.3 is 0 Å². The first-order valence-corrected chi connectivity index (χ1v) is 12.0. The van der Waals surface area contributed by atoms with Crippen LogP contribution in [-0.4, -0.2) is 37.2 Å². The molecule has 0 aliphatic heterocycles. The lowest BCUT2D eigenvalue weighted by Gasteiger charge is -2.29. The maximum atomic E-state index is 13.4. The number of methoxy groups -OCH3 is 1. The smallest absolute Gasteiger partial charge is 0.252 e. The van der Waals surface area contributed by atoms with Crippen LogP contribution in [0.5, 0.6) is 5.75 Å². The van der Waals surface area contributed by atoms with Gasteiger partial charge in [-0.3, -0.25) is 9.69 Å². The number of benzene rings is 2. The molecule has 5 aromatic rings. The number of hydrogen-bond donors (Lipinski definition) is 1. The zero-order valence-electron chi connectivity index (χ0n) is 20.6. The van der Waals surface area contributed by atoms with Crippen LogP contribution < -0.4 is 10.3 Å². The number of aromatic nitrogens is 5. The van der Waals surface area contributed by atoms with E-state index < -0.39 is 0 Å². The second kappa shape index (κ2) is 10.8. The van der Waals surface area contributed by atoms with Crippen molar-refractivity contribution >= 4 is 10.9 Å². The quantitative estimate of drug-likeness (QED) is 0.301. The molecule has 5 rings (SSSR count). The van der Waals surface area contributed by atoms with Crippen molar-refractivity contribution in [1.82, 2.24) is 30.1 Å². The molecule has 0 aliphatic carbocycles. The molecule has 0 fully saturated rings. The minimum Gasteiger partial charge on any atom is -0.497 e. The summed E-state index contributed by atoms with van der Waals surface area (Å²) in [5.41, 5.74) is 2.05. The van der Waals surface area contributed by atoms with Crippen molar-refractivity contribution in [3.63, 3.8) is 0 Å². The number of aromatic amines is 1. The van der Waals surface area contributed by atoms with Crippen molar-refractivity contribution in [2.45, 2.75) is 39.0 Å². The lowest BCUT2D eigenvalue weighted by atomic mass is 10.1. The third-order valence-electron chi connectivity index (χ3n) is 6.37. The van der Waals surface area contributed by atoms with E-state index in [-0.39, 0.29) is 17.4 Å². The Morgan fingerprint density at radius 1 is 1.14 bits per heavy atom. The van der Waals surface area contributed by atoms with Crippen LogP contribution >= 0.6 is 0 Å². The Labute approximate surface area is 212 Å². The molecular weight excluding hydrogens is 475 g/mol. The fourth-order valence-electron chi connectivity index (χ4n) is 4.50. The van der Waals surface area contributed by atoms with E-state index in [1.807, 2.05) is 43.3 Å². The molecule has 0 aliphatic rings. The third kappa shape index (κ3) is 5.44. The van der Waals surface area contributed by atoms with Crippen molar-refractivity contribution in [2.75, 3.05) is 7.11 Å². The monoisotopic (exact) mass is 502 g/mol. The number of fused-ring (bicyclic) bond motifs is 1. The van der Waals surface area contributed by atoms with E-state index in [1.54, 1.807) is 30.2 Å². The Morgan fingerprint density at radius 2 is 1.97 bits per heavy atom. The molecule has 1 N–H and O–H groups in total. The molecule has 0 saturated heterocycles. The van der Waals surface area contributed by atoms with Crippen LogP contribution in [0, 0.1) is 5.82 Å². The van der Waals surface area contributed by atoms with Gasteiger partial charge in [0.2, 0.25) is 0 Å². The van der Waals surface area contributed by atoms with Crippen LogP contribution in [0.1, 0.15) is 42.1 Å². The first-order chi connectivity index (χ1) is 18.0. The molecule has 3 aromatic heterocycles. The minimum absolute atomic E-state index is 0.164. The normalized spacial score (nSPS) is 12.3. The van der Waals surface area contributed by atoms with Gasteiger partial charge in [0.1, 0.15) is 17.3 Å². The number of pyridine rings is 1. The van der Waals surface area contributed by atoms with Gasteiger partial charge in [-0.15, -0.1) is 5.10 Å². The summed E-state index contributed by atoms with van der Waals surface area (Å²) in [6.45, 7) is 3.23. The van der Waals surface area contributed by atoms with E-state index in [4.69, 9.17) is 9.15 Å². The molecule has 10 heteroatoms. The number of rotatable bonds is 10. The summed E-state index contributed by atoms with van der Waals surface area (Å²) < 4.78 is 26.1. The molecule has 0 amide bonds. The molecule has 1 atom stereocenters. The molecule has 0 bridgehead atoms. The zero-order valence-corrected chi connectivity index (χ0v) is 20.6. The van der Waals surface area contributed by atoms with Gasteiger partial charge in [-0.2, -0.15) is 0 Å². The van der Waals surface area contributed by atoms with Crippen LogP contribution in [-0.2, 0) is 19.6 Å². The Morgan fingerprint density at radius 3 is 2.70 bits per heavy atom. The highest BCUT2D eigenvalue weighted by atomic mass is 19.1. The number of furan rings is 1. The average Bonchev–Trinajstić information content (AvgIpc) is 3.58. The number of hydrogen-bond acceptors (Lipinski definition) is 7. The van der Waals surface area contributed by atoms with Crippen LogP contribution in [0.15, 0.2) is 76.1 Å². The fourth-order valence-corrected chi connectivity index (χ4v) is 4.50. The number of nitrogens with zero attached hydrogens (tertiary/aromatic N) is 5. The highest BCUT2D eigenvalue weighted by Crippen LogP contribution is 2.27. The molecule has 1 unspecified atom stereocenters. The highest BCUT2D eigenvalue weighted by molar-refractivity contribution is 5.80. The topological polar surface area (TPSA) is 102 Å². The van der Waals surface area contributed by atoms with Gasteiger partial charge in [0.15, 0.2) is 5.82 Å². The first kappa shape index (κ1) is 24.4. The summed E-state index contributed by atoms with van der Waals surface area (Å²) in [4.78, 5) is 18.1. The maximum absolute atomic E-state index is 13.4. The summed E-state index contributed by atoms with van der Waals surface area (Å²) in [7, 11) is 1.61. The van der Waals surface area contributed by atoms with E-state index in [1.165, 1.54) is 12.1 Å². The molecule has 2 aromatic carbocycles. The summed E-state index contributed by atoms with van der Waals surface area (Å²) in [6, 6.07) is 17.2. The van der Waals surface area contributed by atoms with Gasteiger partial charge in [-0.1, -0.05) is 19.1 Å². The molecule has 9 nitrogen and oxygen atoms in total. The molecule has 0 radical (unpaired) electrons. The molecule has 37 heavy (non-hydrogen) atoms. The fraction of sp³-hybridized carbons (Fsp3) is 0.259.